The zero-order valence-electron chi connectivity index (χ0n) is 12.9. The molecule has 5 heteroatoms. The third kappa shape index (κ3) is 3.36. The molecule has 0 saturated heterocycles. The molecule has 0 unspecified atom stereocenters. The van der Waals surface area contributed by atoms with E-state index in [1.54, 1.807) is 0 Å². The molecule has 1 aliphatic heterocycles. The maximum absolute atomic E-state index is 11.7. The smallest absolute Gasteiger partial charge is 0.225 e. The Hall–Kier alpha value is -2.14. The van der Waals surface area contributed by atoms with Crippen molar-refractivity contribution in [2.75, 3.05) is 11.9 Å². The first-order valence-electron chi connectivity index (χ1n) is 7.88. The molecule has 1 aromatic heterocycles. The molecule has 0 aliphatic carbocycles. The molecule has 0 spiro atoms. The number of aromatic nitrogens is 2. The van der Waals surface area contributed by atoms with E-state index in [0.29, 0.717) is 12.2 Å². The van der Waals surface area contributed by atoms with Crippen LogP contribution < -0.4 is 5.32 Å². The average molecular weight is 298 g/mol. The molecule has 3 rings (SSSR count). The molecular weight excluding hydrogens is 276 g/mol. The highest BCUT2D eigenvalue weighted by Crippen LogP contribution is 2.24. The maximum atomic E-state index is 11.7. The third-order valence-corrected chi connectivity index (χ3v) is 4.00. The summed E-state index contributed by atoms with van der Waals surface area (Å²) in [5, 5.41) is 10.3. The lowest BCUT2D eigenvalue weighted by molar-refractivity contribution is -0.116. The summed E-state index contributed by atoms with van der Waals surface area (Å²) in [5.41, 5.74) is 3.60. The molecule has 0 fully saturated rings. The first-order chi connectivity index (χ1) is 10.8. The topological polar surface area (TPSA) is 61.0 Å². The largest absolute Gasteiger partial charge is 0.309 e. The number of carbonyl (C=O) groups excluding carboxylic acids is 1. The summed E-state index contributed by atoms with van der Waals surface area (Å²) in [7, 11) is 0. The van der Waals surface area contributed by atoms with Crippen LogP contribution >= 0.6 is 0 Å². The van der Waals surface area contributed by atoms with Gasteiger partial charge in [-0.05, 0) is 18.4 Å². The molecule has 0 atom stereocenters. The van der Waals surface area contributed by atoms with Crippen molar-refractivity contribution in [1.82, 2.24) is 15.1 Å². The standard InChI is InChI=1S/C17H22N4O/c1-2-6-16(22)18-17-14-9-10-21(12-15(14)19-20-17)11-13-7-4-3-5-8-13/h3-5,7-8H,2,6,9-12H2,1H3,(H2,18,19,20,22). The van der Waals surface area contributed by atoms with Gasteiger partial charge >= 0.3 is 0 Å². The Morgan fingerprint density at radius 2 is 2.18 bits per heavy atom. The number of benzene rings is 1. The van der Waals surface area contributed by atoms with Crippen molar-refractivity contribution in [2.24, 2.45) is 0 Å². The van der Waals surface area contributed by atoms with Crippen LogP contribution in [0.25, 0.3) is 0 Å². The summed E-state index contributed by atoms with van der Waals surface area (Å²) in [5.74, 6) is 0.760. The Balaban J connectivity index is 1.65. The van der Waals surface area contributed by atoms with Crippen LogP contribution in [0.5, 0.6) is 0 Å². The van der Waals surface area contributed by atoms with Gasteiger partial charge < -0.3 is 5.32 Å². The van der Waals surface area contributed by atoms with Crippen LogP contribution in [0.3, 0.4) is 0 Å². The van der Waals surface area contributed by atoms with Crippen molar-refractivity contribution in [1.29, 1.82) is 0 Å². The second-order valence-corrected chi connectivity index (χ2v) is 5.77. The van der Waals surface area contributed by atoms with Crippen LogP contribution in [0.4, 0.5) is 5.82 Å². The van der Waals surface area contributed by atoms with Crippen LogP contribution in [-0.4, -0.2) is 27.5 Å². The first-order valence-corrected chi connectivity index (χ1v) is 7.88. The molecule has 1 aromatic carbocycles. The summed E-state index contributed by atoms with van der Waals surface area (Å²) < 4.78 is 0. The SMILES string of the molecule is CCCC(=O)Nc1n[nH]c2c1CCN(Cc1ccccc1)C2. The van der Waals surface area contributed by atoms with Gasteiger partial charge in [-0.2, -0.15) is 5.10 Å². The highest BCUT2D eigenvalue weighted by atomic mass is 16.1. The summed E-state index contributed by atoms with van der Waals surface area (Å²) in [4.78, 5) is 14.1. The molecule has 2 aromatic rings. The van der Waals surface area contributed by atoms with Crippen LogP contribution in [0.1, 0.15) is 36.6 Å². The van der Waals surface area contributed by atoms with Gasteiger partial charge in [0.1, 0.15) is 0 Å². The van der Waals surface area contributed by atoms with Crippen LogP contribution in [-0.2, 0) is 24.3 Å². The molecule has 0 saturated carbocycles. The zero-order valence-corrected chi connectivity index (χ0v) is 12.9. The Kier molecular flexibility index (Phi) is 4.53. The van der Waals surface area contributed by atoms with Crippen LogP contribution in [0.2, 0.25) is 0 Å². The zero-order chi connectivity index (χ0) is 15.4. The predicted molar refractivity (Wildman–Crippen MR) is 86.4 cm³/mol. The molecule has 1 aliphatic rings. The van der Waals surface area contributed by atoms with Crippen molar-refractivity contribution >= 4 is 11.7 Å². The van der Waals surface area contributed by atoms with E-state index in [2.05, 4.69) is 44.7 Å². The van der Waals surface area contributed by atoms with Gasteiger partial charge in [0.25, 0.3) is 0 Å². The first kappa shape index (κ1) is 14.8. The lowest BCUT2D eigenvalue weighted by Crippen LogP contribution is -2.30. The van der Waals surface area contributed by atoms with Gasteiger partial charge in [0.05, 0.1) is 5.69 Å². The second kappa shape index (κ2) is 6.75. The van der Waals surface area contributed by atoms with Gasteiger partial charge in [-0.1, -0.05) is 37.3 Å². The van der Waals surface area contributed by atoms with Crippen molar-refractivity contribution in [3.63, 3.8) is 0 Å². The fourth-order valence-corrected chi connectivity index (χ4v) is 2.88. The Morgan fingerprint density at radius 1 is 1.36 bits per heavy atom. The van der Waals surface area contributed by atoms with Crippen LogP contribution in [0, 0.1) is 0 Å². The summed E-state index contributed by atoms with van der Waals surface area (Å²) >= 11 is 0. The quantitative estimate of drug-likeness (QED) is 0.892. The highest BCUT2D eigenvalue weighted by Gasteiger charge is 2.22. The Morgan fingerprint density at radius 3 is 2.95 bits per heavy atom. The number of hydrogen-bond acceptors (Lipinski definition) is 3. The van der Waals surface area contributed by atoms with Gasteiger partial charge in [0.15, 0.2) is 5.82 Å². The minimum atomic E-state index is 0.0449. The number of nitrogens with one attached hydrogen (secondary N) is 2. The van der Waals surface area contributed by atoms with Gasteiger partial charge in [-0.3, -0.25) is 14.8 Å². The highest BCUT2D eigenvalue weighted by molar-refractivity contribution is 5.90. The minimum Gasteiger partial charge on any atom is -0.309 e. The fraction of sp³-hybridized carbons (Fsp3) is 0.412. The molecule has 22 heavy (non-hydrogen) atoms. The molecule has 116 valence electrons. The molecular formula is C17H22N4O. The lowest BCUT2D eigenvalue weighted by atomic mass is 10.1. The van der Waals surface area contributed by atoms with E-state index in [0.717, 1.165) is 43.7 Å². The number of nitrogens with zero attached hydrogens (tertiary/aromatic N) is 2. The van der Waals surface area contributed by atoms with E-state index in [-0.39, 0.29) is 5.91 Å². The maximum Gasteiger partial charge on any atom is 0.225 e. The lowest BCUT2D eigenvalue weighted by Gasteiger charge is -2.26. The van der Waals surface area contributed by atoms with Crippen LogP contribution in [0.15, 0.2) is 30.3 Å². The summed E-state index contributed by atoms with van der Waals surface area (Å²) in [6.07, 6.45) is 2.31. The number of anilines is 1. The van der Waals surface area contributed by atoms with Gasteiger partial charge in [0, 0.05) is 31.6 Å². The number of carbonyl (C=O) groups is 1. The van der Waals surface area contributed by atoms with E-state index in [1.165, 1.54) is 5.56 Å². The number of aromatic amines is 1. The molecule has 1 amide bonds. The van der Waals surface area contributed by atoms with Gasteiger partial charge in [0.2, 0.25) is 5.91 Å². The molecule has 5 nitrogen and oxygen atoms in total. The van der Waals surface area contributed by atoms with Crippen molar-refractivity contribution in [3.05, 3.63) is 47.2 Å². The Bertz CT molecular complexity index is 635. The normalized spacial score (nSPS) is 14.6. The van der Waals surface area contributed by atoms with E-state index < -0.39 is 0 Å². The molecule has 2 heterocycles. The number of hydrogen-bond donors (Lipinski definition) is 2. The monoisotopic (exact) mass is 298 g/mol. The van der Waals surface area contributed by atoms with E-state index in [4.69, 9.17) is 0 Å². The van der Waals surface area contributed by atoms with E-state index in [9.17, 15) is 4.79 Å². The second-order valence-electron chi connectivity index (χ2n) is 5.77. The number of fused-ring (bicyclic) bond motifs is 1. The van der Waals surface area contributed by atoms with Gasteiger partial charge in [-0.15, -0.1) is 0 Å². The van der Waals surface area contributed by atoms with Crippen molar-refractivity contribution in [3.8, 4) is 0 Å². The summed E-state index contributed by atoms with van der Waals surface area (Å²) in [6.45, 7) is 4.77. The average Bonchev–Trinajstić information content (AvgIpc) is 2.91. The van der Waals surface area contributed by atoms with E-state index >= 15 is 0 Å². The van der Waals surface area contributed by atoms with Crippen molar-refractivity contribution < 1.29 is 4.79 Å². The summed E-state index contributed by atoms with van der Waals surface area (Å²) in [6, 6.07) is 10.5. The number of amides is 1. The van der Waals surface area contributed by atoms with E-state index in [1.807, 2.05) is 13.0 Å². The third-order valence-electron chi connectivity index (χ3n) is 4.00. The predicted octanol–water partition coefficient (Wildman–Crippen LogP) is 2.71. The minimum absolute atomic E-state index is 0.0449. The van der Waals surface area contributed by atoms with Crippen molar-refractivity contribution in [2.45, 2.75) is 39.3 Å². The van der Waals surface area contributed by atoms with Gasteiger partial charge in [-0.25, -0.2) is 0 Å². The Labute approximate surface area is 130 Å². The molecule has 0 bridgehead atoms. The molecule has 0 radical (unpaired) electrons. The molecule has 2 N–H and O–H groups in total. The number of rotatable bonds is 5. The number of H-pyrrole nitrogens is 1. The fourth-order valence-electron chi connectivity index (χ4n) is 2.88.